The number of hydrogen-bond acceptors (Lipinski definition) is 2. The van der Waals surface area contributed by atoms with Crippen LogP contribution in [0.4, 0.5) is 0 Å². The van der Waals surface area contributed by atoms with E-state index in [2.05, 4.69) is 140 Å². The number of nitrogens with zero attached hydrogens (tertiary/aromatic N) is 2. The van der Waals surface area contributed by atoms with E-state index in [1.807, 2.05) is 48.7 Å². The third kappa shape index (κ3) is 6.89. The molecule has 0 aliphatic carbocycles. The summed E-state index contributed by atoms with van der Waals surface area (Å²) in [5.41, 5.74) is 10.2. The summed E-state index contributed by atoms with van der Waals surface area (Å²) in [7, 11) is 0. The zero-order valence-corrected chi connectivity index (χ0v) is 29.3. The largest absolute Gasteiger partial charge is 0.305 e. The number of hydrogen-bond donors (Lipinski definition) is 0. The second kappa shape index (κ2) is 15.1. The predicted octanol–water partition coefficient (Wildman–Crippen LogP) is 11.9. The molecule has 2 heterocycles. The van der Waals surface area contributed by atoms with Crippen molar-refractivity contribution in [2.24, 2.45) is 0 Å². The number of aromatic nitrogens is 2. The summed E-state index contributed by atoms with van der Waals surface area (Å²) in [5, 5.41) is 4.93. The first kappa shape index (κ1) is 32.7. The Bertz CT molecular complexity index is 2210. The fourth-order valence-corrected chi connectivity index (χ4v) is 6.11. The van der Waals surface area contributed by atoms with Crippen LogP contribution in [0.25, 0.3) is 66.3 Å². The van der Waals surface area contributed by atoms with Crippen molar-refractivity contribution in [2.45, 2.75) is 19.8 Å². The van der Waals surface area contributed by atoms with Crippen LogP contribution in [0.1, 0.15) is 25.3 Å². The van der Waals surface area contributed by atoms with Gasteiger partial charge in [0.1, 0.15) is 0 Å². The molecule has 6 aromatic carbocycles. The molecule has 0 saturated heterocycles. The van der Waals surface area contributed by atoms with Gasteiger partial charge in [0, 0.05) is 32.5 Å². The topological polar surface area (TPSA) is 25.8 Å². The van der Waals surface area contributed by atoms with Gasteiger partial charge in [-0.3, -0.25) is 0 Å². The van der Waals surface area contributed by atoms with Crippen LogP contribution in [-0.4, -0.2) is 9.97 Å². The Labute approximate surface area is 296 Å². The van der Waals surface area contributed by atoms with Crippen molar-refractivity contribution in [3.05, 3.63) is 182 Å². The van der Waals surface area contributed by atoms with Crippen LogP contribution in [0.15, 0.2) is 164 Å². The predicted molar refractivity (Wildman–Crippen MR) is 197 cm³/mol. The molecule has 48 heavy (non-hydrogen) atoms. The smallest absolute Gasteiger partial charge is 0.0163 e. The molecule has 0 aliphatic heterocycles. The minimum absolute atomic E-state index is 0. The van der Waals surface area contributed by atoms with Crippen LogP contribution in [-0.2, 0) is 20.1 Å². The summed E-state index contributed by atoms with van der Waals surface area (Å²) in [6.07, 6.45) is 3.70. The fourth-order valence-electron chi connectivity index (χ4n) is 6.11. The maximum Gasteiger partial charge on any atom is 0.0163 e. The van der Waals surface area contributed by atoms with Gasteiger partial charge in [-0.25, -0.2) is 0 Å². The van der Waals surface area contributed by atoms with Crippen molar-refractivity contribution in [3.8, 4) is 44.8 Å². The Hall–Kier alpha value is -5.21. The van der Waals surface area contributed by atoms with Gasteiger partial charge in [-0.2, -0.15) is 0 Å². The van der Waals surface area contributed by atoms with Crippen molar-refractivity contribution < 1.29 is 20.1 Å². The SMILES string of the molecule is CC(C)c1ccnc(-c2[c-]cc3c(c2)c(-c2ccccc2)c(-c2ccccc2)c2ccccc23)c1.[Ir].[c-]1ccccc1-c1ccccn1. The number of benzene rings is 6. The Balaban J connectivity index is 0.000000260. The summed E-state index contributed by atoms with van der Waals surface area (Å²) >= 11 is 0. The summed E-state index contributed by atoms with van der Waals surface area (Å²) in [5.74, 6) is 0.450. The normalized spacial score (nSPS) is 10.7. The molecule has 1 radical (unpaired) electrons. The molecular formula is C45H34IrN2-2. The molecule has 0 atom stereocenters. The van der Waals surface area contributed by atoms with Gasteiger partial charge >= 0.3 is 0 Å². The zero-order chi connectivity index (χ0) is 32.0. The number of fused-ring (bicyclic) bond motifs is 3. The molecule has 0 amide bonds. The minimum Gasteiger partial charge on any atom is -0.305 e. The van der Waals surface area contributed by atoms with Gasteiger partial charge in [-0.1, -0.05) is 139 Å². The molecule has 0 bridgehead atoms. The molecular weight excluding hydrogens is 761 g/mol. The quantitative estimate of drug-likeness (QED) is 0.128. The maximum atomic E-state index is 4.71. The zero-order valence-electron chi connectivity index (χ0n) is 26.9. The van der Waals surface area contributed by atoms with Crippen molar-refractivity contribution in [2.75, 3.05) is 0 Å². The molecule has 2 aromatic heterocycles. The summed E-state index contributed by atoms with van der Waals surface area (Å²) in [4.78, 5) is 8.93. The number of pyridine rings is 2. The van der Waals surface area contributed by atoms with Crippen LogP contribution in [0, 0.1) is 12.1 Å². The van der Waals surface area contributed by atoms with Gasteiger partial charge in [-0.05, 0) is 57.1 Å². The Morgan fingerprint density at radius 1 is 0.479 bits per heavy atom. The Morgan fingerprint density at radius 2 is 1.10 bits per heavy atom. The molecule has 0 unspecified atom stereocenters. The van der Waals surface area contributed by atoms with Crippen molar-refractivity contribution in [1.29, 1.82) is 0 Å². The molecule has 0 saturated carbocycles. The maximum absolute atomic E-state index is 4.71. The first-order chi connectivity index (χ1) is 23.2. The van der Waals surface area contributed by atoms with Crippen LogP contribution in [0.2, 0.25) is 0 Å². The van der Waals surface area contributed by atoms with Crippen LogP contribution in [0.5, 0.6) is 0 Å². The van der Waals surface area contributed by atoms with Gasteiger partial charge in [0.25, 0.3) is 0 Å². The van der Waals surface area contributed by atoms with Gasteiger partial charge in [0.05, 0.1) is 0 Å². The first-order valence-electron chi connectivity index (χ1n) is 16.0. The van der Waals surface area contributed by atoms with E-state index in [0.29, 0.717) is 5.92 Å². The molecule has 8 rings (SSSR count). The molecule has 8 aromatic rings. The summed E-state index contributed by atoms with van der Waals surface area (Å²) < 4.78 is 0. The van der Waals surface area contributed by atoms with E-state index in [1.54, 1.807) is 6.20 Å². The van der Waals surface area contributed by atoms with Crippen LogP contribution >= 0.6 is 0 Å². The first-order valence-corrected chi connectivity index (χ1v) is 16.0. The molecule has 0 aliphatic rings. The van der Waals surface area contributed by atoms with E-state index in [4.69, 9.17) is 4.98 Å². The summed E-state index contributed by atoms with van der Waals surface area (Å²) in [6.45, 7) is 4.43. The average molecular weight is 795 g/mol. The molecule has 235 valence electrons. The molecule has 0 spiro atoms. The monoisotopic (exact) mass is 795 g/mol. The average Bonchev–Trinajstić information content (AvgIpc) is 3.16. The molecule has 0 N–H and O–H groups in total. The van der Waals surface area contributed by atoms with Crippen LogP contribution < -0.4 is 0 Å². The molecule has 3 heteroatoms. The number of rotatable bonds is 5. The third-order valence-corrected chi connectivity index (χ3v) is 8.46. The van der Waals surface area contributed by atoms with Gasteiger partial charge in [0.2, 0.25) is 0 Å². The third-order valence-electron chi connectivity index (χ3n) is 8.46. The minimum atomic E-state index is 0. The van der Waals surface area contributed by atoms with E-state index in [9.17, 15) is 0 Å². The Kier molecular flexibility index (Phi) is 10.3. The second-order valence-electron chi connectivity index (χ2n) is 11.8. The fraction of sp³-hybridized carbons (Fsp3) is 0.0667. The van der Waals surface area contributed by atoms with Crippen molar-refractivity contribution >= 4 is 21.5 Å². The van der Waals surface area contributed by atoms with Crippen molar-refractivity contribution in [3.63, 3.8) is 0 Å². The van der Waals surface area contributed by atoms with Gasteiger partial charge < -0.3 is 9.97 Å². The molecule has 0 fully saturated rings. The second-order valence-corrected chi connectivity index (χ2v) is 11.8. The van der Waals surface area contributed by atoms with Gasteiger partial charge in [-0.15, -0.1) is 59.7 Å². The van der Waals surface area contributed by atoms with E-state index >= 15 is 0 Å². The Morgan fingerprint density at radius 3 is 1.75 bits per heavy atom. The van der Waals surface area contributed by atoms with Gasteiger partial charge in [0.15, 0.2) is 0 Å². The van der Waals surface area contributed by atoms with E-state index in [-0.39, 0.29) is 20.1 Å². The van der Waals surface area contributed by atoms with Crippen LogP contribution in [0.3, 0.4) is 0 Å². The van der Waals surface area contributed by atoms with E-state index < -0.39 is 0 Å². The standard InChI is InChI=1S/C34H26N.C11H8N.Ir/c1-23(2)26-19-20-35-32(22-26)27-17-18-29-28-15-9-10-16-30(28)33(24-11-5-3-6-12-24)34(31(29)21-27)25-13-7-4-8-14-25;1-2-6-10(7-3-1)11-8-4-5-9-12-11;/h3-16,18-23H,1-2H3;1-6,8-9H;/q2*-1;. The summed E-state index contributed by atoms with van der Waals surface area (Å²) in [6, 6.07) is 59.3. The van der Waals surface area contributed by atoms with E-state index in [0.717, 1.165) is 22.5 Å². The van der Waals surface area contributed by atoms with E-state index in [1.165, 1.54) is 49.4 Å². The van der Waals surface area contributed by atoms with Crippen molar-refractivity contribution in [1.82, 2.24) is 9.97 Å². The molecule has 2 nitrogen and oxygen atoms in total.